The zero-order valence-corrected chi connectivity index (χ0v) is 10.9. The van der Waals surface area contributed by atoms with Crippen LogP contribution in [0.5, 0.6) is 0 Å². The van der Waals surface area contributed by atoms with Crippen LogP contribution in [-0.4, -0.2) is 17.3 Å². The number of hydrogen-bond acceptors (Lipinski definition) is 2. The van der Waals surface area contributed by atoms with Crippen molar-refractivity contribution in [2.45, 2.75) is 45.1 Å². The van der Waals surface area contributed by atoms with E-state index in [1.807, 2.05) is 0 Å². The molecule has 1 aliphatic rings. The molecule has 0 aromatic heterocycles. The van der Waals surface area contributed by atoms with Crippen LogP contribution in [0.4, 0.5) is 5.69 Å². The first-order valence-electron chi connectivity index (χ1n) is 6.59. The SMILES string of the molecule is Cc1cccc(NC2(CO)CCC(C)CC2)c1. The molecule has 0 radical (unpaired) electrons. The summed E-state index contributed by atoms with van der Waals surface area (Å²) in [5.41, 5.74) is 2.29. The van der Waals surface area contributed by atoms with Gasteiger partial charge in [0.15, 0.2) is 0 Å². The average molecular weight is 233 g/mol. The van der Waals surface area contributed by atoms with Crippen LogP contribution in [0.15, 0.2) is 24.3 Å². The fourth-order valence-corrected chi connectivity index (χ4v) is 2.67. The summed E-state index contributed by atoms with van der Waals surface area (Å²) >= 11 is 0. The van der Waals surface area contributed by atoms with E-state index in [-0.39, 0.29) is 12.1 Å². The van der Waals surface area contributed by atoms with E-state index in [9.17, 15) is 5.11 Å². The van der Waals surface area contributed by atoms with Crippen molar-refractivity contribution >= 4 is 5.69 Å². The van der Waals surface area contributed by atoms with Gasteiger partial charge in [-0.25, -0.2) is 0 Å². The first-order chi connectivity index (χ1) is 8.13. The van der Waals surface area contributed by atoms with Crippen LogP contribution in [0.1, 0.15) is 38.2 Å². The highest BCUT2D eigenvalue weighted by Gasteiger charge is 2.33. The summed E-state index contributed by atoms with van der Waals surface area (Å²) in [4.78, 5) is 0. The Labute approximate surface area is 104 Å². The minimum Gasteiger partial charge on any atom is -0.394 e. The lowest BCUT2D eigenvalue weighted by Gasteiger charge is -2.39. The zero-order chi connectivity index (χ0) is 12.3. The molecule has 0 amide bonds. The number of hydrogen-bond donors (Lipinski definition) is 2. The fourth-order valence-electron chi connectivity index (χ4n) is 2.67. The Morgan fingerprint density at radius 3 is 2.65 bits per heavy atom. The van der Waals surface area contributed by atoms with E-state index in [2.05, 4.69) is 43.4 Å². The molecule has 1 aromatic rings. The topological polar surface area (TPSA) is 32.3 Å². The Morgan fingerprint density at radius 1 is 1.35 bits per heavy atom. The third-order valence-electron chi connectivity index (χ3n) is 3.96. The van der Waals surface area contributed by atoms with Crippen molar-refractivity contribution in [3.05, 3.63) is 29.8 Å². The molecule has 2 nitrogen and oxygen atoms in total. The maximum atomic E-state index is 9.70. The quantitative estimate of drug-likeness (QED) is 0.839. The van der Waals surface area contributed by atoms with Gasteiger partial charge in [-0.1, -0.05) is 19.1 Å². The van der Waals surface area contributed by atoms with E-state index in [4.69, 9.17) is 0 Å². The van der Waals surface area contributed by atoms with Crippen LogP contribution in [-0.2, 0) is 0 Å². The van der Waals surface area contributed by atoms with Crippen molar-refractivity contribution in [3.63, 3.8) is 0 Å². The van der Waals surface area contributed by atoms with Crippen LogP contribution < -0.4 is 5.32 Å². The third-order valence-corrected chi connectivity index (χ3v) is 3.96. The van der Waals surface area contributed by atoms with Gasteiger partial charge >= 0.3 is 0 Å². The highest BCUT2D eigenvalue weighted by molar-refractivity contribution is 5.47. The molecule has 17 heavy (non-hydrogen) atoms. The first kappa shape index (κ1) is 12.4. The molecule has 0 heterocycles. The van der Waals surface area contributed by atoms with E-state index in [1.54, 1.807) is 0 Å². The summed E-state index contributed by atoms with van der Waals surface area (Å²) < 4.78 is 0. The lowest BCUT2D eigenvalue weighted by Crippen LogP contribution is -2.45. The van der Waals surface area contributed by atoms with Gasteiger partial charge in [0.25, 0.3) is 0 Å². The molecule has 0 bridgehead atoms. The minimum atomic E-state index is -0.0969. The van der Waals surface area contributed by atoms with Crippen molar-refractivity contribution < 1.29 is 5.11 Å². The predicted octanol–water partition coefficient (Wildman–Crippen LogP) is 3.35. The second kappa shape index (κ2) is 5.09. The van der Waals surface area contributed by atoms with Gasteiger partial charge in [-0.3, -0.25) is 0 Å². The van der Waals surface area contributed by atoms with Crippen molar-refractivity contribution in [3.8, 4) is 0 Å². The van der Waals surface area contributed by atoms with Crippen molar-refractivity contribution in [2.24, 2.45) is 5.92 Å². The molecule has 0 spiro atoms. The minimum absolute atomic E-state index is 0.0969. The molecule has 1 aliphatic carbocycles. The lowest BCUT2D eigenvalue weighted by atomic mass is 9.77. The van der Waals surface area contributed by atoms with Gasteiger partial charge < -0.3 is 10.4 Å². The van der Waals surface area contributed by atoms with Crippen molar-refractivity contribution in [1.29, 1.82) is 0 Å². The standard InChI is InChI=1S/C15H23NO/c1-12-6-8-15(11-17,9-7-12)16-14-5-3-4-13(2)10-14/h3-5,10,12,16-17H,6-9,11H2,1-2H3. The molecule has 0 aliphatic heterocycles. The molecule has 0 saturated heterocycles. The molecule has 1 saturated carbocycles. The lowest BCUT2D eigenvalue weighted by molar-refractivity contribution is 0.155. The maximum Gasteiger partial charge on any atom is 0.0661 e. The molecule has 2 rings (SSSR count). The van der Waals surface area contributed by atoms with Crippen LogP contribution in [0.25, 0.3) is 0 Å². The summed E-state index contributed by atoms with van der Waals surface area (Å²) in [6.45, 7) is 4.63. The van der Waals surface area contributed by atoms with Crippen LogP contribution in [0.2, 0.25) is 0 Å². The summed E-state index contributed by atoms with van der Waals surface area (Å²) in [5.74, 6) is 0.800. The van der Waals surface area contributed by atoms with Gasteiger partial charge in [0.05, 0.1) is 12.1 Å². The fraction of sp³-hybridized carbons (Fsp3) is 0.600. The largest absolute Gasteiger partial charge is 0.394 e. The Morgan fingerprint density at radius 2 is 2.06 bits per heavy atom. The summed E-state index contributed by atoms with van der Waals surface area (Å²) in [5, 5.41) is 13.3. The summed E-state index contributed by atoms with van der Waals surface area (Å²) in [6, 6.07) is 8.39. The van der Waals surface area contributed by atoms with Crippen LogP contribution >= 0.6 is 0 Å². The zero-order valence-electron chi connectivity index (χ0n) is 10.9. The van der Waals surface area contributed by atoms with E-state index < -0.39 is 0 Å². The molecule has 0 atom stereocenters. The number of rotatable bonds is 3. The average Bonchev–Trinajstić information content (AvgIpc) is 2.33. The Bertz CT molecular complexity index is 367. The highest BCUT2D eigenvalue weighted by atomic mass is 16.3. The van der Waals surface area contributed by atoms with Gasteiger partial charge in [0.2, 0.25) is 0 Å². The van der Waals surface area contributed by atoms with Crippen LogP contribution in [0.3, 0.4) is 0 Å². The second-order valence-electron chi connectivity index (χ2n) is 5.62. The van der Waals surface area contributed by atoms with E-state index >= 15 is 0 Å². The second-order valence-corrected chi connectivity index (χ2v) is 5.62. The number of nitrogens with one attached hydrogen (secondary N) is 1. The van der Waals surface area contributed by atoms with Crippen molar-refractivity contribution in [1.82, 2.24) is 0 Å². The highest BCUT2D eigenvalue weighted by Crippen LogP contribution is 2.34. The molecule has 1 fully saturated rings. The predicted molar refractivity (Wildman–Crippen MR) is 72.3 cm³/mol. The van der Waals surface area contributed by atoms with Crippen LogP contribution in [0, 0.1) is 12.8 Å². The van der Waals surface area contributed by atoms with E-state index in [1.165, 1.54) is 18.4 Å². The number of anilines is 1. The molecule has 2 heteroatoms. The number of aliphatic hydroxyl groups excluding tert-OH is 1. The normalized spacial score (nSPS) is 29.0. The smallest absolute Gasteiger partial charge is 0.0661 e. The Hall–Kier alpha value is -1.02. The number of aliphatic hydroxyl groups is 1. The Kier molecular flexibility index (Phi) is 3.72. The number of benzene rings is 1. The van der Waals surface area contributed by atoms with E-state index in [0.717, 1.165) is 24.4 Å². The molecular weight excluding hydrogens is 210 g/mol. The van der Waals surface area contributed by atoms with Gasteiger partial charge in [0, 0.05) is 5.69 Å². The molecule has 0 unspecified atom stereocenters. The van der Waals surface area contributed by atoms with Gasteiger partial charge in [-0.05, 0) is 56.2 Å². The summed E-state index contributed by atoms with van der Waals surface area (Å²) in [6.07, 6.45) is 4.55. The van der Waals surface area contributed by atoms with Gasteiger partial charge in [-0.2, -0.15) is 0 Å². The molecule has 1 aromatic carbocycles. The summed E-state index contributed by atoms with van der Waals surface area (Å²) in [7, 11) is 0. The van der Waals surface area contributed by atoms with Gasteiger partial charge in [-0.15, -0.1) is 0 Å². The van der Waals surface area contributed by atoms with Crippen molar-refractivity contribution in [2.75, 3.05) is 11.9 Å². The Balaban J connectivity index is 2.09. The molecule has 94 valence electrons. The molecule has 2 N–H and O–H groups in total. The first-order valence-corrected chi connectivity index (χ1v) is 6.59. The number of aryl methyl sites for hydroxylation is 1. The maximum absolute atomic E-state index is 9.70. The van der Waals surface area contributed by atoms with Gasteiger partial charge in [0.1, 0.15) is 0 Å². The molecular formula is C15H23NO. The third kappa shape index (κ3) is 3.01. The van der Waals surface area contributed by atoms with E-state index in [0.29, 0.717) is 0 Å². The monoisotopic (exact) mass is 233 g/mol.